The van der Waals surface area contributed by atoms with Gasteiger partial charge in [-0.25, -0.2) is 44.7 Å². The molecule has 0 atom stereocenters. The predicted octanol–water partition coefficient (Wildman–Crippen LogP) is 11.8. The fourth-order valence-electron chi connectivity index (χ4n) is 8.92. The molecule has 12 heteroatoms. The standard InChI is InChI=1S/C54H30N12/c1-56-39-8-2-7-33(25-39)38-30-49(65-45-13-9-34(51-57-17-3-18-58-51)26-40(45)41-27-35(10-14-46(41)65)52-59-19-4-20-60-52)44(32-55)50(31-38)66-47-15-11-36(53-61-21-5-22-62-53)28-42(47)43-29-37(12-16-48(43)66)54-63-23-6-24-64-54/h2-31H. The molecule has 66 heavy (non-hydrogen) atoms. The topological polar surface area (TPSA) is 141 Å². The summed E-state index contributed by atoms with van der Waals surface area (Å²) in [6.07, 6.45) is 13.9. The summed E-state index contributed by atoms with van der Waals surface area (Å²) in [5, 5.41) is 15.3. The molecule has 0 fully saturated rings. The van der Waals surface area contributed by atoms with Crippen LogP contribution in [0, 0.1) is 17.9 Å². The maximum atomic E-state index is 11.6. The number of nitrogens with zero attached hydrogens (tertiary/aromatic N) is 12. The van der Waals surface area contributed by atoms with Gasteiger partial charge >= 0.3 is 0 Å². The molecule has 6 aromatic heterocycles. The molecule has 6 aromatic carbocycles. The molecule has 6 heterocycles. The van der Waals surface area contributed by atoms with Crippen molar-refractivity contribution in [2.24, 2.45) is 0 Å². The number of rotatable bonds is 7. The Labute approximate surface area is 376 Å². The highest BCUT2D eigenvalue weighted by Gasteiger charge is 2.24. The number of hydrogen-bond donors (Lipinski definition) is 0. The van der Waals surface area contributed by atoms with Gasteiger partial charge in [-0.1, -0.05) is 18.2 Å². The second-order valence-electron chi connectivity index (χ2n) is 15.6. The molecule has 0 aliphatic carbocycles. The number of aromatic nitrogens is 10. The first kappa shape index (κ1) is 37.9. The third-order valence-electron chi connectivity index (χ3n) is 11.8. The van der Waals surface area contributed by atoms with Crippen molar-refractivity contribution in [2.75, 3.05) is 0 Å². The third-order valence-corrected chi connectivity index (χ3v) is 11.8. The highest BCUT2D eigenvalue weighted by atomic mass is 15.0. The van der Waals surface area contributed by atoms with Crippen molar-refractivity contribution in [3.05, 3.63) is 200 Å². The van der Waals surface area contributed by atoms with E-state index in [1.54, 1.807) is 79.9 Å². The fourth-order valence-corrected chi connectivity index (χ4v) is 8.92. The van der Waals surface area contributed by atoms with E-state index in [1.807, 2.05) is 42.5 Å². The molecule has 0 aliphatic heterocycles. The summed E-state index contributed by atoms with van der Waals surface area (Å²) >= 11 is 0. The second kappa shape index (κ2) is 15.5. The van der Waals surface area contributed by atoms with Crippen LogP contribution < -0.4 is 0 Å². The van der Waals surface area contributed by atoms with Gasteiger partial charge in [-0.3, -0.25) is 0 Å². The summed E-state index contributed by atoms with van der Waals surface area (Å²) in [5.74, 6) is 2.39. The summed E-state index contributed by atoms with van der Waals surface area (Å²) in [6.45, 7) is 7.90. The van der Waals surface area contributed by atoms with Crippen LogP contribution in [-0.2, 0) is 0 Å². The summed E-state index contributed by atoms with van der Waals surface area (Å²) in [4.78, 5) is 40.3. The Morgan fingerprint density at radius 3 is 1.05 bits per heavy atom. The predicted molar refractivity (Wildman–Crippen MR) is 256 cm³/mol. The Balaban J connectivity index is 1.19. The van der Waals surface area contributed by atoms with Crippen molar-refractivity contribution in [3.8, 4) is 74.1 Å². The van der Waals surface area contributed by atoms with Gasteiger partial charge in [-0.15, -0.1) is 0 Å². The highest BCUT2D eigenvalue weighted by Crippen LogP contribution is 2.43. The average molecular weight is 847 g/mol. The minimum absolute atomic E-state index is 0.439. The quantitative estimate of drug-likeness (QED) is 0.143. The lowest BCUT2D eigenvalue weighted by molar-refractivity contribution is 1.12. The van der Waals surface area contributed by atoms with Gasteiger partial charge in [-0.05, 0) is 126 Å². The van der Waals surface area contributed by atoms with Gasteiger partial charge in [0.2, 0.25) is 0 Å². The van der Waals surface area contributed by atoms with Gasteiger partial charge in [-0.2, -0.15) is 5.26 Å². The van der Waals surface area contributed by atoms with Crippen LogP contribution in [0.3, 0.4) is 0 Å². The maximum absolute atomic E-state index is 11.6. The van der Waals surface area contributed by atoms with E-state index < -0.39 is 0 Å². The van der Waals surface area contributed by atoms with E-state index >= 15 is 0 Å². The second-order valence-corrected chi connectivity index (χ2v) is 15.6. The molecule has 12 rings (SSSR count). The van der Waals surface area contributed by atoms with Crippen molar-refractivity contribution in [1.82, 2.24) is 49.0 Å². The molecular weight excluding hydrogens is 817 g/mol. The highest BCUT2D eigenvalue weighted by molar-refractivity contribution is 6.13. The maximum Gasteiger partial charge on any atom is 0.187 e. The van der Waals surface area contributed by atoms with Crippen LogP contribution >= 0.6 is 0 Å². The van der Waals surface area contributed by atoms with Crippen molar-refractivity contribution < 1.29 is 0 Å². The molecule has 0 amide bonds. The van der Waals surface area contributed by atoms with Gasteiger partial charge in [0.05, 0.1) is 40.0 Å². The summed E-state index contributed by atoms with van der Waals surface area (Å²) in [5.41, 5.74) is 10.8. The van der Waals surface area contributed by atoms with Gasteiger partial charge < -0.3 is 9.13 Å². The van der Waals surface area contributed by atoms with Crippen LogP contribution in [0.2, 0.25) is 0 Å². The zero-order valence-electron chi connectivity index (χ0n) is 34.7. The largest absolute Gasteiger partial charge is 0.308 e. The van der Waals surface area contributed by atoms with Crippen LogP contribution in [0.4, 0.5) is 5.69 Å². The lowest BCUT2D eigenvalue weighted by Crippen LogP contribution is -2.05. The van der Waals surface area contributed by atoms with Crippen molar-refractivity contribution in [2.45, 2.75) is 0 Å². The number of benzene rings is 6. The number of fused-ring (bicyclic) bond motifs is 6. The SMILES string of the molecule is [C-]#[N+]c1cccc(-c2cc(-n3c4ccc(-c5ncccn5)cc4c4cc(-c5ncccn5)ccc43)c(C#N)c(-n3c4ccc(-c5ncccn5)cc4c4cc(-c5ncccn5)ccc43)c2)c1. The van der Waals surface area contributed by atoms with E-state index in [-0.39, 0.29) is 0 Å². The Morgan fingerprint density at radius 2 is 0.727 bits per heavy atom. The molecule has 0 unspecified atom stereocenters. The number of hydrogen-bond acceptors (Lipinski definition) is 9. The summed E-state index contributed by atoms with van der Waals surface area (Å²) in [6, 6.07) is 46.3. The van der Waals surface area contributed by atoms with Crippen LogP contribution in [0.1, 0.15) is 5.56 Å². The monoisotopic (exact) mass is 846 g/mol. The zero-order chi connectivity index (χ0) is 44.1. The molecule has 0 bridgehead atoms. The van der Waals surface area contributed by atoms with Crippen molar-refractivity contribution in [1.29, 1.82) is 5.26 Å². The molecule has 0 radical (unpaired) electrons. The zero-order valence-corrected chi connectivity index (χ0v) is 34.7. The van der Waals surface area contributed by atoms with Crippen LogP contribution in [0.15, 0.2) is 183 Å². The third kappa shape index (κ3) is 6.29. The first-order valence-electron chi connectivity index (χ1n) is 21.0. The van der Waals surface area contributed by atoms with Crippen LogP contribution in [-0.4, -0.2) is 49.0 Å². The normalized spacial score (nSPS) is 11.3. The van der Waals surface area contributed by atoms with E-state index in [0.29, 0.717) is 45.9 Å². The van der Waals surface area contributed by atoms with Crippen LogP contribution in [0.25, 0.3) is 117 Å². The van der Waals surface area contributed by atoms with E-state index in [0.717, 1.165) is 77.0 Å². The minimum atomic E-state index is 0.439. The van der Waals surface area contributed by atoms with Gasteiger partial charge in [0, 0.05) is 93.4 Å². The molecule has 0 saturated heterocycles. The molecule has 12 aromatic rings. The van der Waals surface area contributed by atoms with E-state index in [9.17, 15) is 5.26 Å². The molecule has 0 spiro atoms. The van der Waals surface area contributed by atoms with E-state index in [2.05, 4.69) is 121 Å². The average Bonchev–Trinajstić information content (AvgIpc) is 3.90. The smallest absolute Gasteiger partial charge is 0.187 e. The molecule has 0 saturated carbocycles. The minimum Gasteiger partial charge on any atom is -0.308 e. The molecule has 0 aliphatic rings. The summed E-state index contributed by atoms with van der Waals surface area (Å²) < 4.78 is 4.31. The van der Waals surface area contributed by atoms with E-state index in [1.165, 1.54) is 0 Å². The molecule has 12 nitrogen and oxygen atoms in total. The van der Waals surface area contributed by atoms with Crippen molar-refractivity contribution in [3.63, 3.8) is 0 Å². The molecule has 0 N–H and O–H groups in total. The van der Waals surface area contributed by atoms with Crippen molar-refractivity contribution >= 4 is 49.3 Å². The first-order valence-corrected chi connectivity index (χ1v) is 21.0. The fraction of sp³-hybridized carbons (Fsp3) is 0. The Hall–Kier alpha value is -9.78. The van der Waals surface area contributed by atoms with Gasteiger partial charge in [0.15, 0.2) is 29.0 Å². The first-order chi connectivity index (χ1) is 32.6. The van der Waals surface area contributed by atoms with Crippen LogP contribution in [0.5, 0.6) is 0 Å². The van der Waals surface area contributed by atoms with E-state index in [4.69, 9.17) is 6.57 Å². The number of nitriles is 1. The van der Waals surface area contributed by atoms with Gasteiger partial charge in [0.25, 0.3) is 0 Å². The Morgan fingerprint density at radius 1 is 0.379 bits per heavy atom. The Kier molecular flexibility index (Phi) is 8.93. The molecular formula is C54H30N12. The lowest BCUT2D eigenvalue weighted by atomic mass is 9.99. The Bertz CT molecular complexity index is 3530. The summed E-state index contributed by atoms with van der Waals surface area (Å²) in [7, 11) is 0. The van der Waals surface area contributed by atoms with Gasteiger partial charge in [0.1, 0.15) is 11.6 Å². The lowest BCUT2D eigenvalue weighted by Gasteiger charge is -2.19. The molecule has 306 valence electrons.